The van der Waals surface area contributed by atoms with Gasteiger partial charge >= 0.3 is 0 Å². The van der Waals surface area contributed by atoms with E-state index in [1.807, 2.05) is 60.7 Å². The number of allylic oxidation sites excluding steroid dienone is 1. The second kappa shape index (κ2) is 11.9. The molecule has 0 aliphatic rings. The lowest BCUT2D eigenvalue weighted by Gasteiger charge is -2.19. The van der Waals surface area contributed by atoms with Crippen LogP contribution >= 0.6 is 0 Å². The van der Waals surface area contributed by atoms with Crippen molar-refractivity contribution < 1.29 is 23.7 Å². The monoisotopic (exact) mass is 448 g/mol. The largest absolute Gasteiger partial charge is 0.497 e. The molecule has 0 unspecified atom stereocenters. The third-order valence-electron chi connectivity index (χ3n) is 5.21. The average Bonchev–Trinajstić information content (AvgIpc) is 2.84. The third kappa shape index (κ3) is 6.22. The maximum atomic E-state index is 6.34. The Morgan fingerprint density at radius 3 is 2.03 bits per heavy atom. The standard InChI is InChI=1S/C28H32O5/c1-6-8-20-12-15-24(25(16-20)30-4)33-27-18-22(9-7-2)17-26(31-5)28(27)32-19-21-10-13-23(29-3)14-11-21/h6,10-18H,1,7-9,19H2,2-5H3. The molecule has 0 aliphatic carbocycles. The zero-order valence-electron chi connectivity index (χ0n) is 19.9. The molecule has 5 nitrogen and oxygen atoms in total. The van der Waals surface area contributed by atoms with Gasteiger partial charge in [0.25, 0.3) is 0 Å². The highest BCUT2D eigenvalue weighted by atomic mass is 16.5. The maximum absolute atomic E-state index is 6.34. The summed E-state index contributed by atoms with van der Waals surface area (Å²) in [7, 11) is 4.92. The van der Waals surface area contributed by atoms with E-state index in [9.17, 15) is 0 Å². The van der Waals surface area contributed by atoms with Gasteiger partial charge in [0.2, 0.25) is 5.75 Å². The maximum Gasteiger partial charge on any atom is 0.204 e. The lowest BCUT2D eigenvalue weighted by Crippen LogP contribution is -2.02. The van der Waals surface area contributed by atoms with Crippen molar-refractivity contribution in [3.8, 4) is 34.5 Å². The first-order valence-corrected chi connectivity index (χ1v) is 11.0. The molecule has 0 spiro atoms. The summed E-state index contributed by atoms with van der Waals surface area (Å²) in [4.78, 5) is 0. The van der Waals surface area contributed by atoms with E-state index < -0.39 is 0 Å². The van der Waals surface area contributed by atoms with E-state index in [0.29, 0.717) is 35.4 Å². The van der Waals surface area contributed by atoms with Crippen LogP contribution in [0.25, 0.3) is 0 Å². The summed E-state index contributed by atoms with van der Waals surface area (Å²) in [6, 6.07) is 17.6. The molecule has 174 valence electrons. The zero-order chi connectivity index (χ0) is 23.6. The van der Waals surface area contributed by atoms with Crippen LogP contribution in [0.4, 0.5) is 0 Å². The molecule has 3 aromatic rings. The molecule has 0 saturated heterocycles. The molecule has 0 saturated carbocycles. The van der Waals surface area contributed by atoms with Gasteiger partial charge in [0.05, 0.1) is 21.3 Å². The van der Waals surface area contributed by atoms with E-state index in [1.165, 1.54) is 0 Å². The number of benzene rings is 3. The highest BCUT2D eigenvalue weighted by Gasteiger charge is 2.18. The number of rotatable bonds is 12. The van der Waals surface area contributed by atoms with Crippen LogP contribution in [0.3, 0.4) is 0 Å². The highest BCUT2D eigenvalue weighted by Crippen LogP contribution is 2.43. The topological polar surface area (TPSA) is 46.2 Å². The molecule has 0 fully saturated rings. The van der Waals surface area contributed by atoms with Gasteiger partial charge in [-0.25, -0.2) is 0 Å². The van der Waals surface area contributed by atoms with Crippen LogP contribution in [-0.4, -0.2) is 21.3 Å². The van der Waals surface area contributed by atoms with Crippen LogP contribution in [0, 0.1) is 0 Å². The third-order valence-corrected chi connectivity index (χ3v) is 5.21. The predicted octanol–water partition coefficient (Wildman–Crippen LogP) is 6.76. The second-order valence-electron chi connectivity index (χ2n) is 7.59. The Bertz CT molecular complexity index is 1060. The van der Waals surface area contributed by atoms with Gasteiger partial charge in [0, 0.05) is 0 Å². The quantitative estimate of drug-likeness (QED) is 0.286. The Labute approximate surface area is 196 Å². The first kappa shape index (κ1) is 24.1. The fourth-order valence-corrected chi connectivity index (χ4v) is 3.52. The Balaban J connectivity index is 1.95. The van der Waals surface area contributed by atoms with Crippen LogP contribution in [0.2, 0.25) is 0 Å². The van der Waals surface area contributed by atoms with Gasteiger partial charge in [-0.3, -0.25) is 0 Å². The van der Waals surface area contributed by atoms with Crippen molar-refractivity contribution in [2.45, 2.75) is 32.8 Å². The molecule has 0 radical (unpaired) electrons. The van der Waals surface area contributed by atoms with Gasteiger partial charge in [0.1, 0.15) is 12.4 Å². The van der Waals surface area contributed by atoms with Crippen molar-refractivity contribution in [3.63, 3.8) is 0 Å². The van der Waals surface area contributed by atoms with Crippen molar-refractivity contribution in [1.82, 2.24) is 0 Å². The number of hydrogen-bond donors (Lipinski definition) is 0. The molecule has 0 amide bonds. The summed E-state index contributed by atoms with van der Waals surface area (Å²) in [5, 5.41) is 0. The van der Waals surface area contributed by atoms with E-state index in [2.05, 4.69) is 13.5 Å². The lowest BCUT2D eigenvalue weighted by atomic mass is 10.1. The van der Waals surface area contributed by atoms with Crippen LogP contribution in [0.15, 0.2) is 67.3 Å². The Kier molecular flexibility index (Phi) is 8.64. The molecule has 33 heavy (non-hydrogen) atoms. The number of aryl methyl sites for hydroxylation is 1. The SMILES string of the molecule is C=CCc1ccc(Oc2cc(CCC)cc(OC)c2OCc2ccc(OC)cc2)c(OC)c1. The smallest absolute Gasteiger partial charge is 0.204 e. The molecule has 0 bridgehead atoms. The van der Waals surface area contributed by atoms with Crippen molar-refractivity contribution in [2.24, 2.45) is 0 Å². The Morgan fingerprint density at radius 1 is 0.727 bits per heavy atom. The van der Waals surface area contributed by atoms with Gasteiger partial charge in [-0.15, -0.1) is 6.58 Å². The molecule has 3 rings (SSSR count). The Hall–Kier alpha value is -3.60. The molecule has 0 heterocycles. The van der Waals surface area contributed by atoms with Crippen LogP contribution in [-0.2, 0) is 19.4 Å². The van der Waals surface area contributed by atoms with Gasteiger partial charge in [-0.1, -0.05) is 37.6 Å². The fourth-order valence-electron chi connectivity index (χ4n) is 3.52. The molecule has 0 aromatic heterocycles. The van der Waals surface area contributed by atoms with Crippen LogP contribution in [0.5, 0.6) is 34.5 Å². The lowest BCUT2D eigenvalue weighted by molar-refractivity contribution is 0.269. The molecule has 0 N–H and O–H groups in total. The minimum atomic E-state index is 0.360. The molecular weight excluding hydrogens is 416 g/mol. The van der Waals surface area contributed by atoms with Gasteiger partial charge < -0.3 is 23.7 Å². The molecule has 0 aliphatic heterocycles. The van der Waals surface area contributed by atoms with Gasteiger partial charge in [0.15, 0.2) is 23.0 Å². The summed E-state index contributed by atoms with van der Waals surface area (Å²) < 4.78 is 29.1. The first-order valence-electron chi connectivity index (χ1n) is 11.0. The van der Waals surface area contributed by atoms with E-state index in [1.54, 1.807) is 21.3 Å². The van der Waals surface area contributed by atoms with Crippen molar-refractivity contribution in [3.05, 3.63) is 83.9 Å². The molecule has 0 atom stereocenters. The van der Waals surface area contributed by atoms with E-state index in [4.69, 9.17) is 23.7 Å². The first-order chi connectivity index (χ1) is 16.1. The predicted molar refractivity (Wildman–Crippen MR) is 131 cm³/mol. The van der Waals surface area contributed by atoms with Crippen molar-refractivity contribution >= 4 is 0 Å². The number of ether oxygens (including phenoxy) is 5. The Morgan fingerprint density at radius 2 is 1.39 bits per heavy atom. The van der Waals surface area contributed by atoms with Crippen LogP contribution in [0.1, 0.15) is 30.0 Å². The van der Waals surface area contributed by atoms with Crippen molar-refractivity contribution in [2.75, 3.05) is 21.3 Å². The van der Waals surface area contributed by atoms with E-state index in [-0.39, 0.29) is 0 Å². The highest BCUT2D eigenvalue weighted by molar-refractivity contribution is 5.57. The summed E-state index contributed by atoms with van der Waals surface area (Å²) in [6.45, 7) is 6.31. The molecule has 5 heteroatoms. The molecular formula is C28H32O5. The van der Waals surface area contributed by atoms with Gasteiger partial charge in [-0.05, 0) is 65.9 Å². The average molecular weight is 449 g/mol. The normalized spacial score (nSPS) is 10.4. The summed E-state index contributed by atoms with van der Waals surface area (Å²) in [6.07, 6.45) is 4.53. The van der Waals surface area contributed by atoms with Crippen LogP contribution < -0.4 is 23.7 Å². The summed E-state index contributed by atoms with van der Waals surface area (Å²) >= 11 is 0. The fraction of sp³-hybridized carbons (Fsp3) is 0.286. The zero-order valence-corrected chi connectivity index (χ0v) is 19.9. The summed E-state index contributed by atoms with van der Waals surface area (Å²) in [5.41, 5.74) is 3.22. The minimum absolute atomic E-state index is 0.360. The summed E-state index contributed by atoms with van der Waals surface area (Å²) in [5.74, 6) is 3.82. The number of methoxy groups -OCH3 is 3. The van der Waals surface area contributed by atoms with E-state index >= 15 is 0 Å². The van der Waals surface area contributed by atoms with Crippen molar-refractivity contribution in [1.29, 1.82) is 0 Å². The minimum Gasteiger partial charge on any atom is -0.497 e. The van der Waals surface area contributed by atoms with Gasteiger partial charge in [-0.2, -0.15) is 0 Å². The van der Waals surface area contributed by atoms with E-state index in [0.717, 1.165) is 41.7 Å². The second-order valence-corrected chi connectivity index (χ2v) is 7.59. The molecule has 3 aromatic carbocycles. The number of hydrogen-bond acceptors (Lipinski definition) is 5.